The summed E-state index contributed by atoms with van der Waals surface area (Å²) in [6.07, 6.45) is 19.2. The fourth-order valence-electron chi connectivity index (χ4n) is 4.34. The lowest BCUT2D eigenvalue weighted by atomic mass is 10.0. The normalized spacial score (nSPS) is 16.8. The molecule has 0 bridgehead atoms. The first-order chi connectivity index (χ1) is 15.0. The molecular formula is C27H51NO3. The molecule has 4 heteroatoms. The molecule has 4 nitrogen and oxygen atoms in total. The maximum atomic E-state index is 12.1. The number of nitrogens with zero attached hydrogens (tertiary/aromatic N) is 1. The topological polar surface area (TPSA) is 46.6 Å². The summed E-state index contributed by atoms with van der Waals surface area (Å²) in [6.45, 7) is 9.42. The minimum absolute atomic E-state index is 0.0434. The van der Waals surface area contributed by atoms with Crippen molar-refractivity contribution in [3.8, 4) is 0 Å². The van der Waals surface area contributed by atoms with Gasteiger partial charge in [-0.3, -0.25) is 14.5 Å². The first-order valence-electron chi connectivity index (χ1n) is 13.4. The lowest BCUT2D eigenvalue weighted by molar-refractivity contribution is -0.148. The highest BCUT2D eigenvalue weighted by Gasteiger charge is 2.25. The third-order valence-electron chi connectivity index (χ3n) is 6.44. The van der Waals surface area contributed by atoms with Crippen molar-refractivity contribution >= 4 is 11.8 Å². The van der Waals surface area contributed by atoms with Crippen molar-refractivity contribution in [2.24, 2.45) is 5.92 Å². The van der Waals surface area contributed by atoms with Gasteiger partial charge in [0.25, 0.3) is 0 Å². The number of Topliss-reactive ketones (excluding diaryl/α,β-unsaturated/α-hetero) is 1. The molecule has 0 aliphatic carbocycles. The molecular weight excluding hydrogens is 386 g/mol. The van der Waals surface area contributed by atoms with Crippen molar-refractivity contribution in [1.29, 1.82) is 0 Å². The first kappa shape index (κ1) is 28.1. The zero-order valence-electron chi connectivity index (χ0n) is 21.0. The number of unbranched alkanes of at least 4 members (excludes halogenated alkanes) is 10. The number of esters is 1. The molecule has 182 valence electrons. The van der Waals surface area contributed by atoms with Gasteiger partial charge in [0, 0.05) is 32.4 Å². The van der Waals surface area contributed by atoms with Crippen LogP contribution in [0, 0.1) is 5.92 Å². The SMILES string of the molecule is CCCCCCCCCCCCC(=O)CCCCN1CCC(OC(=O)CCC(C)C)C1. The van der Waals surface area contributed by atoms with Crippen LogP contribution in [-0.4, -0.2) is 42.4 Å². The van der Waals surface area contributed by atoms with Gasteiger partial charge in [-0.1, -0.05) is 78.6 Å². The highest BCUT2D eigenvalue weighted by Crippen LogP contribution is 2.16. The summed E-state index contributed by atoms with van der Waals surface area (Å²) in [5.74, 6) is 0.941. The highest BCUT2D eigenvalue weighted by atomic mass is 16.5. The number of hydrogen-bond donors (Lipinski definition) is 0. The van der Waals surface area contributed by atoms with E-state index in [1.54, 1.807) is 0 Å². The quantitative estimate of drug-likeness (QED) is 0.151. The number of ketones is 1. The average Bonchev–Trinajstić information content (AvgIpc) is 3.18. The molecule has 0 aromatic heterocycles. The molecule has 1 unspecified atom stereocenters. The van der Waals surface area contributed by atoms with E-state index in [2.05, 4.69) is 25.7 Å². The molecule has 0 radical (unpaired) electrons. The van der Waals surface area contributed by atoms with E-state index in [0.29, 0.717) is 18.1 Å². The average molecular weight is 438 g/mol. The van der Waals surface area contributed by atoms with Crippen molar-refractivity contribution in [1.82, 2.24) is 4.90 Å². The summed E-state index contributed by atoms with van der Waals surface area (Å²) in [5.41, 5.74) is 0. The Morgan fingerprint density at radius 3 is 2.03 bits per heavy atom. The van der Waals surface area contributed by atoms with Crippen LogP contribution in [0.5, 0.6) is 0 Å². The Labute approximate surface area is 192 Å². The Balaban J connectivity index is 1.90. The molecule has 0 saturated carbocycles. The van der Waals surface area contributed by atoms with E-state index in [1.807, 2.05) is 0 Å². The van der Waals surface area contributed by atoms with Gasteiger partial charge in [-0.2, -0.15) is 0 Å². The molecule has 1 fully saturated rings. The Morgan fingerprint density at radius 2 is 1.42 bits per heavy atom. The van der Waals surface area contributed by atoms with E-state index in [4.69, 9.17) is 4.74 Å². The molecule has 1 aliphatic rings. The van der Waals surface area contributed by atoms with Crippen LogP contribution in [0.1, 0.15) is 130 Å². The van der Waals surface area contributed by atoms with E-state index in [0.717, 1.165) is 64.6 Å². The van der Waals surface area contributed by atoms with Gasteiger partial charge in [0.15, 0.2) is 0 Å². The molecule has 0 amide bonds. The maximum Gasteiger partial charge on any atom is 0.306 e. The lowest BCUT2D eigenvalue weighted by Gasteiger charge is -2.16. The second-order valence-electron chi connectivity index (χ2n) is 10.1. The summed E-state index contributed by atoms with van der Waals surface area (Å²) in [5, 5.41) is 0. The summed E-state index contributed by atoms with van der Waals surface area (Å²) in [4.78, 5) is 26.3. The maximum absolute atomic E-state index is 12.1. The highest BCUT2D eigenvalue weighted by molar-refractivity contribution is 5.78. The van der Waals surface area contributed by atoms with Crippen LogP contribution < -0.4 is 0 Å². The Morgan fingerprint density at radius 1 is 0.839 bits per heavy atom. The van der Waals surface area contributed by atoms with Crippen molar-refractivity contribution in [2.75, 3.05) is 19.6 Å². The van der Waals surface area contributed by atoms with Crippen LogP contribution in [0.2, 0.25) is 0 Å². The van der Waals surface area contributed by atoms with E-state index >= 15 is 0 Å². The number of ether oxygens (including phenoxy) is 1. The van der Waals surface area contributed by atoms with Crippen LogP contribution in [0.15, 0.2) is 0 Å². The van der Waals surface area contributed by atoms with Crippen molar-refractivity contribution < 1.29 is 14.3 Å². The van der Waals surface area contributed by atoms with Crippen molar-refractivity contribution in [3.05, 3.63) is 0 Å². The zero-order valence-corrected chi connectivity index (χ0v) is 21.0. The van der Waals surface area contributed by atoms with Gasteiger partial charge >= 0.3 is 5.97 Å². The molecule has 0 spiro atoms. The number of rotatable bonds is 20. The summed E-state index contributed by atoms with van der Waals surface area (Å²) in [6, 6.07) is 0. The van der Waals surface area contributed by atoms with Crippen molar-refractivity contribution in [3.63, 3.8) is 0 Å². The minimum Gasteiger partial charge on any atom is -0.461 e. The fraction of sp³-hybridized carbons (Fsp3) is 0.926. The lowest BCUT2D eigenvalue weighted by Crippen LogP contribution is -2.26. The van der Waals surface area contributed by atoms with Crippen LogP contribution >= 0.6 is 0 Å². The van der Waals surface area contributed by atoms with Crippen LogP contribution in [-0.2, 0) is 14.3 Å². The van der Waals surface area contributed by atoms with E-state index in [-0.39, 0.29) is 12.1 Å². The molecule has 31 heavy (non-hydrogen) atoms. The summed E-state index contributed by atoms with van der Waals surface area (Å²) in [7, 11) is 0. The van der Waals surface area contributed by atoms with Gasteiger partial charge in [-0.05, 0) is 44.6 Å². The van der Waals surface area contributed by atoms with Crippen LogP contribution in [0.3, 0.4) is 0 Å². The second-order valence-corrected chi connectivity index (χ2v) is 10.1. The molecule has 1 rings (SSSR count). The van der Waals surface area contributed by atoms with Gasteiger partial charge in [0.2, 0.25) is 0 Å². The van der Waals surface area contributed by atoms with Gasteiger partial charge < -0.3 is 4.74 Å². The molecule has 0 N–H and O–H groups in total. The Hall–Kier alpha value is -0.900. The van der Waals surface area contributed by atoms with Gasteiger partial charge in [-0.25, -0.2) is 0 Å². The monoisotopic (exact) mass is 437 g/mol. The molecule has 0 aromatic carbocycles. The number of likely N-dealkylation sites (tertiary alicyclic amines) is 1. The number of carbonyl (C=O) groups is 2. The van der Waals surface area contributed by atoms with Crippen LogP contribution in [0.4, 0.5) is 0 Å². The zero-order chi connectivity index (χ0) is 22.7. The van der Waals surface area contributed by atoms with Crippen molar-refractivity contribution in [2.45, 2.75) is 136 Å². The Kier molecular flexibility index (Phi) is 16.9. The first-order valence-corrected chi connectivity index (χ1v) is 13.4. The standard InChI is InChI=1S/C27H51NO3/c1-4-5-6-7-8-9-10-11-12-13-16-25(29)17-14-15-21-28-22-20-26(23-28)31-27(30)19-18-24(2)3/h24,26H,4-23H2,1-3H3. The largest absolute Gasteiger partial charge is 0.461 e. The van der Waals surface area contributed by atoms with Gasteiger partial charge in [0.1, 0.15) is 11.9 Å². The van der Waals surface area contributed by atoms with E-state index in [9.17, 15) is 9.59 Å². The van der Waals surface area contributed by atoms with Crippen LogP contribution in [0.25, 0.3) is 0 Å². The summed E-state index contributed by atoms with van der Waals surface area (Å²) >= 11 is 0. The third-order valence-corrected chi connectivity index (χ3v) is 6.44. The van der Waals surface area contributed by atoms with Gasteiger partial charge in [-0.15, -0.1) is 0 Å². The predicted molar refractivity (Wildman–Crippen MR) is 130 cm³/mol. The van der Waals surface area contributed by atoms with E-state index < -0.39 is 0 Å². The molecule has 1 saturated heterocycles. The third kappa shape index (κ3) is 16.4. The predicted octanol–water partition coefficient (Wildman–Crippen LogP) is 7.09. The van der Waals surface area contributed by atoms with E-state index in [1.165, 1.54) is 57.8 Å². The molecule has 0 aromatic rings. The fourth-order valence-corrected chi connectivity index (χ4v) is 4.34. The smallest absolute Gasteiger partial charge is 0.306 e. The Bertz CT molecular complexity index is 463. The van der Waals surface area contributed by atoms with Gasteiger partial charge in [0.05, 0.1) is 0 Å². The molecule has 1 heterocycles. The minimum atomic E-state index is -0.0434. The molecule has 1 aliphatic heterocycles. The summed E-state index contributed by atoms with van der Waals surface area (Å²) < 4.78 is 5.60. The number of carbonyl (C=O) groups excluding carboxylic acids is 2. The number of hydrogen-bond acceptors (Lipinski definition) is 4. The second kappa shape index (κ2) is 18.7. The molecule has 1 atom stereocenters.